The van der Waals surface area contributed by atoms with Crippen molar-refractivity contribution in [3.05, 3.63) is 178 Å². The van der Waals surface area contributed by atoms with Crippen LogP contribution in [0.3, 0.4) is 0 Å². The Kier molecular flexibility index (Phi) is 23.1. The van der Waals surface area contributed by atoms with Crippen molar-refractivity contribution in [2.24, 2.45) is 11.8 Å². The summed E-state index contributed by atoms with van der Waals surface area (Å²) < 4.78 is 53.1. The first kappa shape index (κ1) is 61.2. The van der Waals surface area contributed by atoms with Gasteiger partial charge in [-0.3, -0.25) is 4.18 Å². The van der Waals surface area contributed by atoms with Gasteiger partial charge in [-0.15, -0.1) is 0 Å². The lowest BCUT2D eigenvalue weighted by atomic mass is 9.85. The van der Waals surface area contributed by atoms with Gasteiger partial charge in [0.25, 0.3) is 30.6 Å². The van der Waals surface area contributed by atoms with E-state index in [1.807, 2.05) is 127 Å². The molecule has 0 heterocycles. The van der Waals surface area contributed by atoms with Crippen molar-refractivity contribution in [3.8, 4) is 12.1 Å². The zero-order chi connectivity index (χ0) is 57.0. The molecule has 412 valence electrons. The van der Waals surface area contributed by atoms with Crippen LogP contribution in [0.15, 0.2) is 143 Å². The highest BCUT2D eigenvalue weighted by molar-refractivity contribution is 8.13. The summed E-state index contributed by atoms with van der Waals surface area (Å²) in [7, 11) is 1.71. The predicted molar refractivity (Wildman–Crippen MR) is 320 cm³/mol. The van der Waals surface area contributed by atoms with E-state index < -0.39 is 19.2 Å². The number of hydrogen-bond acceptors (Lipinski definition) is 10. The van der Waals surface area contributed by atoms with Crippen LogP contribution in [-0.2, 0) is 36.2 Å². The van der Waals surface area contributed by atoms with Crippen LogP contribution in [0, 0.1) is 47.6 Å². The fourth-order valence-electron chi connectivity index (χ4n) is 10.2. The van der Waals surface area contributed by atoms with Crippen molar-refractivity contribution >= 4 is 73.9 Å². The van der Waals surface area contributed by atoms with Crippen LogP contribution in [0.25, 0.3) is 42.4 Å². The molecule has 79 heavy (non-hydrogen) atoms. The Balaban J connectivity index is 0.000000212. The van der Waals surface area contributed by atoms with Gasteiger partial charge in [-0.05, 0) is 167 Å². The Bertz CT molecular complexity index is 3470. The maximum atomic E-state index is 12.7. The molecule has 0 radical (unpaired) electrons. The Hall–Kier alpha value is -7.01. The van der Waals surface area contributed by atoms with Gasteiger partial charge in [-0.1, -0.05) is 125 Å². The first-order valence-corrected chi connectivity index (χ1v) is 30.8. The number of likely N-dealkylation sites (N-methyl/N-ethyl adjacent to an activating group) is 2. The number of anilines is 2. The number of fused-ring (bicyclic) bond motifs is 2. The van der Waals surface area contributed by atoms with Crippen molar-refractivity contribution in [2.45, 2.75) is 114 Å². The Labute approximate surface area is 473 Å². The van der Waals surface area contributed by atoms with Gasteiger partial charge in [0.15, 0.2) is 0 Å². The molecule has 2 fully saturated rings. The quantitative estimate of drug-likeness (QED) is 0.0380. The van der Waals surface area contributed by atoms with Crippen LogP contribution in [-0.4, -0.2) is 62.3 Å². The molecule has 0 saturated heterocycles. The molecule has 0 amide bonds. The third kappa shape index (κ3) is 18.0. The van der Waals surface area contributed by atoms with Crippen LogP contribution < -0.4 is 9.80 Å². The molecule has 0 atom stereocenters. The summed E-state index contributed by atoms with van der Waals surface area (Å²) in [5, 5.41) is 31.3. The summed E-state index contributed by atoms with van der Waals surface area (Å²) in [5.74, 6) is 1.66. The number of halogens is 1. The fourth-order valence-corrected chi connectivity index (χ4v) is 11.8. The van der Waals surface area contributed by atoms with E-state index in [1.54, 1.807) is 38.1 Å². The molecule has 2 saturated carbocycles. The van der Waals surface area contributed by atoms with Gasteiger partial charge in [0.1, 0.15) is 0 Å². The summed E-state index contributed by atoms with van der Waals surface area (Å²) >= 11 is 0. The third-order valence-corrected chi connectivity index (χ3v) is 17.9. The lowest BCUT2D eigenvalue weighted by Crippen LogP contribution is -2.24. The van der Waals surface area contributed by atoms with E-state index in [1.165, 1.54) is 88.2 Å². The summed E-state index contributed by atoms with van der Waals surface area (Å²) in [6.07, 6.45) is 17.9. The molecule has 6 aromatic carbocycles. The second-order valence-electron chi connectivity index (χ2n) is 20.5. The molecule has 0 aliphatic heterocycles. The van der Waals surface area contributed by atoms with Crippen LogP contribution in [0.5, 0.6) is 0 Å². The van der Waals surface area contributed by atoms with Gasteiger partial charge in [-0.25, -0.2) is 28.6 Å². The number of aliphatic hydroxyl groups excluding tert-OH is 1. The molecule has 1 N–H and O–H groups in total. The van der Waals surface area contributed by atoms with Crippen LogP contribution >= 0.6 is 10.7 Å². The summed E-state index contributed by atoms with van der Waals surface area (Å²) in [6, 6.07) is 41.7. The first-order chi connectivity index (χ1) is 38.0. The van der Waals surface area contributed by atoms with Crippen LogP contribution in [0.1, 0.15) is 113 Å². The van der Waals surface area contributed by atoms with Gasteiger partial charge < -0.3 is 14.9 Å². The van der Waals surface area contributed by atoms with E-state index in [4.69, 9.17) is 43.6 Å². The lowest BCUT2D eigenvalue weighted by Gasteiger charge is -2.21. The van der Waals surface area contributed by atoms with Gasteiger partial charge >= 0.3 is 0 Å². The van der Waals surface area contributed by atoms with Crippen molar-refractivity contribution in [1.82, 2.24) is 0 Å². The van der Waals surface area contributed by atoms with Crippen molar-refractivity contribution in [1.29, 1.82) is 10.5 Å². The zero-order valence-electron chi connectivity index (χ0n) is 45.8. The number of nitriles is 2. The monoisotopic (exact) mass is 1120 g/mol. The molecule has 0 aromatic heterocycles. The fraction of sp³-hybridized carbons (Fsp3) is 0.375. The molecule has 2 aliphatic carbocycles. The third-order valence-electron chi connectivity index (χ3n) is 15.2. The minimum absolute atomic E-state index is 0.0385. The van der Waals surface area contributed by atoms with Gasteiger partial charge in [-0.2, -0.15) is 8.42 Å². The number of benzene rings is 6. The number of hydrogen-bond donors (Lipinski definition) is 1. The van der Waals surface area contributed by atoms with E-state index in [-0.39, 0.29) is 34.4 Å². The summed E-state index contributed by atoms with van der Waals surface area (Å²) in [5.41, 5.74) is 7.64. The molecular formula is C64H71ClN6O6S2. The topological polar surface area (TPSA) is 161 Å². The molecule has 2 aliphatic rings. The molecule has 8 rings (SSSR count). The molecule has 0 unspecified atom stereocenters. The largest absolute Gasteiger partial charge is 0.395 e. The average molecular weight is 1120 g/mol. The number of rotatable bonds is 18. The smallest absolute Gasteiger partial charge is 0.297 e. The Morgan fingerprint density at radius 3 is 1.38 bits per heavy atom. The van der Waals surface area contributed by atoms with Crippen molar-refractivity contribution in [3.63, 3.8) is 0 Å². The van der Waals surface area contributed by atoms with Crippen molar-refractivity contribution < 1.29 is 26.1 Å². The minimum atomic E-state index is -3.82. The predicted octanol–water partition coefficient (Wildman–Crippen LogP) is 14.9. The van der Waals surface area contributed by atoms with Crippen molar-refractivity contribution in [2.75, 3.05) is 50.2 Å². The van der Waals surface area contributed by atoms with E-state index in [2.05, 4.69) is 15.8 Å². The van der Waals surface area contributed by atoms with E-state index in [9.17, 15) is 16.8 Å². The highest BCUT2D eigenvalue weighted by Gasteiger charge is 2.18. The SMILES string of the molecule is O=S(=O)(Cl)c1ccc(CCC2CCCCC2)cc1.[C-]#[N+]/C(C#N)=C(/C)c1ccc2cc(N(C)CCO)ccc2c1.[C-]#[N+]/C(C#N)=C(/C)c1ccc2cc(N(C)CCOS(=O)(=O)c3ccc(CCC4CCCCC4)cc3)ccc2c1. The molecule has 15 heteroatoms. The summed E-state index contributed by atoms with van der Waals surface area (Å²) in [6.45, 7) is 18.9. The van der Waals surface area contributed by atoms with E-state index in [0.717, 1.165) is 68.7 Å². The first-order valence-electron chi connectivity index (χ1n) is 27.1. The average Bonchev–Trinajstić information content (AvgIpc) is 3.47. The van der Waals surface area contributed by atoms with Gasteiger partial charge in [0, 0.05) is 49.2 Å². The zero-order valence-corrected chi connectivity index (χ0v) is 48.2. The molecular weight excluding hydrogens is 1050 g/mol. The van der Waals surface area contributed by atoms with Gasteiger partial charge in [0.2, 0.25) is 0 Å². The highest BCUT2D eigenvalue weighted by Crippen LogP contribution is 2.31. The Morgan fingerprint density at radius 1 is 0.595 bits per heavy atom. The minimum Gasteiger partial charge on any atom is -0.395 e. The number of aryl methyl sites for hydroxylation is 2. The standard InChI is InChI=1S/C32H35N3O3S.C18H17N3O.C14H19ClO2S/c1-24(32(23-33)34-2)27-13-14-29-22-30(16-15-28(29)21-27)35(3)19-20-38-39(36,37)31-17-11-26(12-18-31)10-9-25-7-5-4-6-8-25;1-13(18(12-19)20-2)14-4-5-16-11-17(21(3)8-9-22)7-6-15(16)10-14;15-18(16,17)14-10-8-13(9-11-14)7-6-12-4-2-1-3-5-12/h11-18,21-22,25H,4-10,19-20H2,1,3H3;4-7,10-11,22H,8-9H2,1,3H3;8-12H,1-7H2/b32-24-;18-13-;. The van der Waals surface area contributed by atoms with Crippen LogP contribution in [0.4, 0.5) is 11.4 Å². The Morgan fingerprint density at radius 2 is 0.987 bits per heavy atom. The van der Waals surface area contributed by atoms with Crippen LogP contribution in [0.2, 0.25) is 0 Å². The molecule has 12 nitrogen and oxygen atoms in total. The second kappa shape index (κ2) is 29.8. The van der Waals surface area contributed by atoms with Gasteiger partial charge in [0.05, 0.1) is 48.3 Å². The number of aliphatic hydroxyl groups is 1. The highest BCUT2D eigenvalue weighted by atomic mass is 35.7. The lowest BCUT2D eigenvalue weighted by molar-refractivity contribution is 0.304. The van der Waals surface area contributed by atoms with E-state index >= 15 is 0 Å². The normalized spacial score (nSPS) is 14.6. The molecule has 0 spiro atoms. The molecule has 0 bridgehead atoms. The summed E-state index contributed by atoms with van der Waals surface area (Å²) in [4.78, 5) is 10.9. The maximum absolute atomic E-state index is 12.7. The van der Waals surface area contributed by atoms with E-state index in [0.29, 0.717) is 24.2 Å². The second-order valence-corrected chi connectivity index (χ2v) is 24.7. The maximum Gasteiger partial charge on any atom is 0.297 e. The molecule has 6 aromatic rings. The number of allylic oxidation sites excluding steroid dienone is 4. The number of nitrogens with zero attached hydrogens (tertiary/aromatic N) is 6.